The van der Waals surface area contributed by atoms with Crippen molar-refractivity contribution < 1.29 is 14.6 Å². The molecule has 3 aliphatic heterocycles. The molecule has 3 heterocycles. The Kier molecular flexibility index (Phi) is 6.51. The van der Waals surface area contributed by atoms with Crippen molar-refractivity contribution in [2.45, 2.75) is 56.8 Å². The molecule has 0 aromatic carbocycles. The lowest BCUT2D eigenvalue weighted by molar-refractivity contribution is -0.0292. The number of aliphatic hydroxyl groups excluding tert-OH is 1. The van der Waals surface area contributed by atoms with Crippen molar-refractivity contribution in [3.63, 3.8) is 0 Å². The molecule has 0 saturated carbocycles. The quantitative estimate of drug-likeness (QED) is 0.763. The topological polar surface area (TPSA) is 45.2 Å². The highest BCUT2D eigenvalue weighted by Gasteiger charge is 2.28. The fraction of sp³-hybridized carbons (Fsp3) is 1.00. The number of hydrogen-bond acceptors (Lipinski definition) is 5. The summed E-state index contributed by atoms with van der Waals surface area (Å²) in [5, 5.41) is 10.2. The summed E-state index contributed by atoms with van der Waals surface area (Å²) in [5.41, 5.74) is 0. The first kappa shape index (κ1) is 16.7. The highest BCUT2D eigenvalue weighted by Crippen LogP contribution is 2.20. The first-order valence-corrected chi connectivity index (χ1v) is 9.15. The van der Waals surface area contributed by atoms with Gasteiger partial charge in [0.15, 0.2) is 0 Å². The second kappa shape index (κ2) is 8.60. The molecule has 0 radical (unpaired) electrons. The van der Waals surface area contributed by atoms with Gasteiger partial charge in [0.05, 0.1) is 25.4 Å². The third-order valence-corrected chi connectivity index (χ3v) is 5.24. The molecular formula is C17H32N2O3. The van der Waals surface area contributed by atoms with Crippen LogP contribution < -0.4 is 0 Å². The molecule has 0 bridgehead atoms. The standard InChI is InChI=1S/C17H32N2O3/c20-16(13-21-14-17-6-4-10-22-17)12-18-7-3-5-15(11-18)19-8-1-2-9-19/h15-17,20H,1-14H2. The van der Waals surface area contributed by atoms with Gasteiger partial charge in [-0.3, -0.25) is 9.80 Å². The molecule has 0 aliphatic carbocycles. The van der Waals surface area contributed by atoms with E-state index < -0.39 is 0 Å². The molecule has 1 N–H and O–H groups in total. The van der Waals surface area contributed by atoms with Gasteiger partial charge in [-0.1, -0.05) is 0 Å². The summed E-state index contributed by atoms with van der Waals surface area (Å²) in [4.78, 5) is 5.07. The largest absolute Gasteiger partial charge is 0.389 e. The SMILES string of the molecule is OC(COCC1CCCO1)CN1CCCC(N2CCCC2)C1. The Bertz CT molecular complexity index is 317. The summed E-state index contributed by atoms with van der Waals surface area (Å²) >= 11 is 0. The number of aliphatic hydroxyl groups is 1. The van der Waals surface area contributed by atoms with Crippen LogP contribution in [0.25, 0.3) is 0 Å². The predicted molar refractivity (Wildman–Crippen MR) is 86.1 cm³/mol. The monoisotopic (exact) mass is 312 g/mol. The van der Waals surface area contributed by atoms with E-state index in [1.807, 2.05) is 0 Å². The summed E-state index contributed by atoms with van der Waals surface area (Å²) < 4.78 is 11.2. The van der Waals surface area contributed by atoms with Gasteiger partial charge in [0.25, 0.3) is 0 Å². The molecule has 0 aromatic rings. The van der Waals surface area contributed by atoms with Crippen molar-refractivity contribution in [2.75, 3.05) is 52.5 Å². The maximum Gasteiger partial charge on any atom is 0.0900 e. The van der Waals surface area contributed by atoms with Gasteiger partial charge in [-0.2, -0.15) is 0 Å². The number of piperidine rings is 1. The van der Waals surface area contributed by atoms with Crippen LogP contribution in [0.15, 0.2) is 0 Å². The van der Waals surface area contributed by atoms with E-state index in [4.69, 9.17) is 9.47 Å². The predicted octanol–water partition coefficient (Wildman–Crippen LogP) is 1.10. The van der Waals surface area contributed by atoms with Crippen molar-refractivity contribution in [1.82, 2.24) is 9.80 Å². The van der Waals surface area contributed by atoms with Gasteiger partial charge in [-0.05, 0) is 58.2 Å². The van der Waals surface area contributed by atoms with Crippen LogP contribution in [0.4, 0.5) is 0 Å². The van der Waals surface area contributed by atoms with Crippen molar-refractivity contribution in [3.8, 4) is 0 Å². The zero-order valence-electron chi connectivity index (χ0n) is 13.8. The number of nitrogens with zero attached hydrogens (tertiary/aromatic N) is 2. The number of β-amino-alcohol motifs (C(OH)–C–C–N with tert-alkyl or cyclic N) is 1. The van der Waals surface area contributed by atoms with Gasteiger partial charge < -0.3 is 14.6 Å². The molecule has 3 unspecified atom stereocenters. The van der Waals surface area contributed by atoms with Gasteiger partial charge >= 0.3 is 0 Å². The lowest BCUT2D eigenvalue weighted by atomic mass is 10.0. The lowest BCUT2D eigenvalue weighted by Gasteiger charge is -2.38. The van der Waals surface area contributed by atoms with Gasteiger partial charge in [0.1, 0.15) is 0 Å². The zero-order valence-corrected chi connectivity index (χ0v) is 13.8. The van der Waals surface area contributed by atoms with E-state index in [2.05, 4.69) is 9.80 Å². The minimum absolute atomic E-state index is 0.252. The smallest absolute Gasteiger partial charge is 0.0900 e. The summed E-state index contributed by atoms with van der Waals surface area (Å²) in [5.74, 6) is 0. The lowest BCUT2D eigenvalue weighted by Crippen LogP contribution is -2.49. The van der Waals surface area contributed by atoms with Crippen molar-refractivity contribution in [2.24, 2.45) is 0 Å². The third-order valence-electron chi connectivity index (χ3n) is 5.24. The number of hydrogen-bond donors (Lipinski definition) is 1. The normalized spacial score (nSPS) is 32.6. The number of rotatable bonds is 7. The second-order valence-electron chi connectivity index (χ2n) is 7.13. The maximum absolute atomic E-state index is 10.2. The van der Waals surface area contributed by atoms with Gasteiger partial charge in [0.2, 0.25) is 0 Å². The summed E-state index contributed by atoms with van der Waals surface area (Å²) in [6, 6.07) is 0.705. The van der Waals surface area contributed by atoms with Crippen LogP contribution in [0.1, 0.15) is 38.5 Å². The Morgan fingerprint density at radius 2 is 1.95 bits per heavy atom. The molecule has 3 atom stereocenters. The molecule has 3 rings (SSSR count). The van der Waals surface area contributed by atoms with Gasteiger partial charge in [0, 0.05) is 25.7 Å². The highest BCUT2D eigenvalue weighted by atomic mass is 16.5. The van der Waals surface area contributed by atoms with Crippen LogP contribution in [-0.4, -0.2) is 85.7 Å². The Balaban J connectivity index is 1.32. The van der Waals surface area contributed by atoms with E-state index in [-0.39, 0.29) is 12.2 Å². The molecule has 0 amide bonds. The molecule has 3 saturated heterocycles. The molecular weight excluding hydrogens is 280 g/mol. The first-order chi connectivity index (χ1) is 10.8. The molecule has 3 fully saturated rings. The van der Waals surface area contributed by atoms with E-state index in [1.54, 1.807) is 0 Å². The summed E-state index contributed by atoms with van der Waals surface area (Å²) in [6.07, 6.45) is 7.40. The van der Waals surface area contributed by atoms with E-state index in [9.17, 15) is 5.11 Å². The van der Waals surface area contributed by atoms with E-state index in [0.29, 0.717) is 19.3 Å². The minimum atomic E-state index is -0.376. The van der Waals surface area contributed by atoms with Crippen molar-refractivity contribution >= 4 is 0 Å². The van der Waals surface area contributed by atoms with Crippen molar-refractivity contribution in [1.29, 1.82) is 0 Å². The van der Waals surface area contributed by atoms with Crippen LogP contribution in [0, 0.1) is 0 Å². The summed E-state index contributed by atoms with van der Waals surface area (Å²) in [7, 11) is 0. The average molecular weight is 312 g/mol. The Morgan fingerprint density at radius 3 is 2.73 bits per heavy atom. The van der Waals surface area contributed by atoms with Crippen LogP contribution >= 0.6 is 0 Å². The van der Waals surface area contributed by atoms with E-state index in [1.165, 1.54) is 38.8 Å². The number of ether oxygens (including phenoxy) is 2. The van der Waals surface area contributed by atoms with Crippen LogP contribution in [0.2, 0.25) is 0 Å². The highest BCUT2D eigenvalue weighted by molar-refractivity contribution is 4.84. The van der Waals surface area contributed by atoms with Gasteiger partial charge in [-0.25, -0.2) is 0 Å². The second-order valence-corrected chi connectivity index (χ2v) is 7.13. The fourth-order valence-corrected chi connectivity index (χ4v) is 4.06. The molecule has 0 aromatic heterocycles. The average Bonchev–Trinajstić information content (AvgIpc) is 3.21. The third kappa shape index (κ3) is 4.90. The van der Waals surface area contributed by atoms with E-state index >= 15 is 0 Å². The minimum Gasteiger partial charge on any atom is -0.389 e. The van der Waals surface area contributed by atoms with Crippen molar-refractivity contribution in [3.05, 3.63) is 0 Å². The maximum atomic E-state index is 10.2. The van der Waals surface area contributed by atoms with Crippen LogP contribution in [-0.2, 0) is 9.47 Å². The zero-order chi connectivity index (χ0) is 15.2. The molecule has 5 heteroatoms. The molecule has 0 spiro atoms. The molecule has 22 heavy (non-hydrogen) atoms. The van der Waals surface area contributed by atoms with Crippen LogP contribution in [0.5, 0.6) is 0 Å². The first-order valence-electron chi connectivity index (χ1n) is 9.15. The van der Waals surface area contributed by atoms with Gasteiger partial charge in [-0.15, -0.1) is 0 Å². The Hall–Kier alpha value is -0.200. The molecule has 128 valence electrons. The van der Waals surface area contributed by atoms with Crippen LogP contribution in [0.3, 0.4) is 0 Å². The Labute approximate surface area is 134 Å². The summed E-state index contributed by atoms with van der Waals surface area (Å²) in [6.45, 7) is 7.45. The number of likely N-dealkylation sites (tertiary alicyclic amines) is 2. The molecule has 5 nitrogen and oxygen atoms in total. The Morgan fingerprint density at radius 1 is 1.09 bits per heavy atom. The fourth-order valence-electron chi connectivity index (χ4n) is 4.06. The van der Waals surface area contributed by atoms with E-state index in [0.717, 1.165) is 39.1 Å². The molecule has 3 aliphatic rings.